The second kappa shape index (κ2) is 6.13. The van der Waals surface area contributed by atoms with Gasteiger partial charge in [0.05, 0.1) is 16.1 Å². The predicted octanol–water partition coefficient (Wildman–Crippen LogP) is 2.42. The summed E-state index contributed by atoms with van der Waals surface area (Å²) in [5, 5.41) is 0. The molecule has 0 spiro atoms. The van der Waals surface area contributed by atoms with Crippen LogP contribution in [0.5, 0.6) is 0 Å². The molecule has 7 heteroatoms. The molecule has 1 heterocycles. The number of hydrogen-bond acceptors (Lipinski definition) is 5. The number of anilines is 1. The molecule has 0 aliphatic rings. The molecule has 0 aliphatic carbocycles. The highest BCUT2D eigenvalue weighted by molar-refractivity contribution is 7.89. The number of aryl methyl sites for hydroxylation is 2. The third kappa shape index (κ3) is 3.25. The number of nitrogen functional groups attached to an aromatic ring is 1. The van der Waals surface area contributed by atoms with Crippen molar-refractivity contribution >= 4 is 27.0 Å². The lowest BCUT2D eigenvalue weighted by Gasteiger charge is -2.19. The van der Waals surface area contributed by atoms with Crippen LogP contribution in [0.2, 0.25) is 0 Å². The van der Waals surface area contributed by atoms with E-state index in [1.54, 1.807) is 24.7 Å². The predicted molar refractivity (Wildman–Crippen MR) is 85.7 cm³/mol. The molecule has 114 valence electrons. The van der Waals surface area contributed by atoms with Crippen LogP contribution in [0, 0.1) is 6.92 Å². The fraction of sp³-hybridized carbons (Fsp3) is 0.357. The SMILES string of the molecule is CCc1ccc(N)cc1S(=O)(=O)N(C)Cc1scnc1C. The Hall–Kier alpha value is -1.44. The average Bonchev–Trinajstić information content (AvgIpc) is 2.84. The molecule has 0 radical (unpaired) electrons. The van der Waals surface area contributed by atoms with Gasteiger partial charge < -0.3 is 5.73 Å². The zero-order chi connectivity index (χ0) is 15.6. The minimum Gasteiger partial charge on any atom is -0.399 e. The molecule has 1 aromatic heterocycles. The van der Waals surface area contributed by atoms with Gasteiger partial charge in [-0.1, -0.05) is 13.0 Å². The monoisotopic (exact) mass is 325 g/mol. The second-order valence-corrected chi connectivity index (χ2v) is 7.80. The Morgan fingerprint density at radius 2 is 2.10 bits per heavy atom. The van der Waals surface area contributed by atoms with Gasteiger partial charge in [0.2, 0.25) is 10.0 Å². The Morgan fingerprint density at radius 3 is 2.67 bits per heavy atom. The van der Waals surface area contributed by atoms with E-state index >= 15 is 0 Å². The van der Waals surface area contributed by atoms with Gasteiger partial charge in [0, 0.05) is 24.2 Å². The lowest BCUT2D eigenvalue weighted by molar-refractivity contribution is 0.468. The number of nitrogens with zero attached hydrogens (tertiary/aromatic N) is 2. The van der Waals surface area contributed by atoms with Crippen molar-refractivity contribution in [1.82, 2.24) is 9.29 Å². The van der Waals surface area contributed by atoms with E-state index < -0.39 is 10.0 Å². The topological polar surface area (TPSA) is 76.3 Å². The molecule has 0 fully saturated rings. The van der Waals surface area contributed by atoms with Crippen molar-refractivity contribution in [1.29, 1.82) is 0 Å². The smallest absolute Gasteiger partial charge is 0.243 e. The van der Waals surface area contributed by atoms with Crippen LogP contribution in [0.3, 0.4) is 0 Å². The summed E-state index contributed by atoms with van der Waals surface area (Å²) in [5.41, 5.74) is 9.57. The molecule has 0 amide bonds. The van der Waals surface area contributed by atoms with Gasteiger partial charge in [0.15, 0.2) is 0 Å². The van der Waals surface area contributed by atoms with Gasteiger partial charge in [0.25, 0.3) is 0 Å². The molecule has 2 aromatic rings. The van der Waals surface area contributed by atoms with E-state index in [2.05, 4.69) is 4.98 Å². The molecule has 5 nitrogen and oxygen atoms in total. The van der Waals surface area contributed by atoms with E-state index in [9.17, 15) is 8.42 Å². The first kappa shape index (κ1) is 15.9. The largest absolute Gasteiger partial charge is 0.399 e. The molecule has 21 heavy (non-hydrogen) atoms. The van der Waals surface area contributed by atoms with Crippen LogP contribution in [-0.2, 0) is 23.0 Å². The van der Waals surface area contributed by atoms with Crippen molar-refractivity contribution in [3.05, 3.63) is 39.8 Å². The first-order chi connectivity index (χ1) is 9.86. The van der Waals surface area contributed by atoms with Gasteiger partial charge in [-0.2, -0.15) is 4.31 Å². The van der Waals surface area contributed by atoms with Crippen molar-refractivity contribution in [2.75, 3.05) is 12.8 Å². The third-order valence-corrected chi connectivity index (χ3v) is 6.18. The number of benzene rings is 1. The van der Waals surface area contributed by atoms with Crippen LogP contribution in [0.15, 0.2) is 28.6 Å². The van der Waals surface area contributed by atoms with Crippen molar-refractivity contribution < 1.29 is 8.42 Å². The highest BCUT2D eigenvalue weighted by atomic mass is 32.2. The summed E-state index contributed by atoms with van der Waals surface area (Å²) < 4.78 is 26.9. The lowest BCUT2D eigenvalue weighted by Crippen LogP contribution is -2.27. The maximum Gasteiger partial charge on any atom is 0.243 e. The minimum absolute atomic E-state index is 0.287. The standard InChI is InChI=1S/C14H19N3O2S2/c1-4-11-5-6-12(15)7-14(11)21(18,19)17(3)8-13-10(2)16-9-20-13/h5-7,9H,4,8,15H2,1-3H3. The summed E-state index contributed by atoms with van der Waals surface area (Å²) in [6.07, 6.45) is 0.641. The average molecular weight is 325 g/mol. The Morgan fingerprint density at radius 1 is 1.38 bits per heavy atom. The number of hydrogen-bond donors (Lipinski definition) is 1. The molecular formula is C14H19N3O2S2. The van der Waals surface area contributed by atoms with Crippen LogP contribution < -0.4 is 5.73 Å². The maximum absolute atomic E-state index is 12.8. The fourth-order valence-electron chi connectivity index (χ4n) is 2.04. The summed E-state index contributed by atoms with van der Waals surface area (Å²) in [4.78, 5) is 5.38. The molecule has 0 saturated carbocycles. The molecule has 1 aromatic carbocycles. The normalized spacial score (nSPS) is 12.0. The maximum atomic E-state index is 12.8. The van der Waals surface area contributed by atoms with E-state index in [1.165, 1.54) is 21.7 Å². The van der Waals surface area contributed by atoms with Crippen molar-refractivity contribution in [2.24, 2.45) is 0 Å². The van der Waals surface area contributed by atoms with Crippen LogP contribution in [0.4, 0.5) is 5.69 Å². The van der Waals surface area contributed by atoms with E-state index in [4.69, 9.17) is 5.73 Å². The van der Waals surface area contributed by atoms with Gasteiger partial charge in [0.1, 0.15) is 0 Å². The quantitative estimate of drug-likeness (QED) is 0.857. The van der Waals surface area contributed by atoms with E-state index in [-0.39, 0.29) is 4.90 Å². The van der Waals surface area contributed by atoms with Gasteiger partial charge in [-0.05, 0) is 31.0 Å². The first-order valence-electron chi connectivity index (χ1n) is 6.60. The van der Waals surface area contributed by atoms with E-state index in [0.717, 1.165) is 16.1 Å². The minimum atomic E-state index is -3.56. The molecule has 0 unspecified atom stereocenters. The Bertz CT molecular complexity index is 738. The summed E-state index contributed by atoms with van der Waals surface area (Å²) >= 11 is 1.46. The van der Waals surface area contributed by atoms with Crippen LogP contribution in [-0.4, -0.2) is 24.8 Å². The number of sulfonamides is 1. The summed E-state index contributed by atoms with van der Waals surface area (Å²) in [7, 11) is -1.98. The Labute approximate surface area is 129 Å². The molecule has 2 N–H and O–H groups in total. The molecule has 2 rings (SSSR count). The van der Waals surface area contributed by atoms with Gasteiger partial charge >= 0.3 is 0 Å². The van der Waals surface area contributed by atoms with Gasteiger partial charge in [-0.25, -0.2) is 13.4 Å². The Balaban J connectivity index is 2.37. The molecule has 0 saturated heterocycles. The molecule has 0 bridgehead atoms. The van der Waals surface area contributed by atoms with Crippen molar-refractivity contribution in [3.63, 3.8) is 0 Å². The molecule has 0 aliphatic heterocycles. The van der Waals surface area contributed by atoms with E-state index in [0.29, 0.717) is 18.7 Å². The third-order valence-electron chi connectivity index (χ3n) is 3.37. The van der Waals surface area contributed by atoms with Gasteiger partial charge in [-0.15, -0.1) is 11.3 Å². The highest BCUT2D eigenvalue weighted by Gasteiger charge is 2.24. The van der Waals surface area contributed by atoms with Crippen molar-refractivity contribution in [2.45, 2.75) is 31.7 Å². The summed E-state index contributed by atoms with van der Waals surface area (Å²) in [6.45, 7) is 4.12. The Kier molecular flexibility index (Phi) is 4.65. The van der Waals surface area contributed by atoms with Crippen LogP contribution >= 0.6 is 11.3 Å². The number of nitrogens with two attached hydrogens (primary N) is 1. The number of rotatable bonds is 5. The highest BCUT2D eigenvalue weighted by Crippen LogP contribution is 2.25. The van der Waals surface area contributed by atoms with E-state index in [1.807, 2.05) is 13.8 Å². The summed E-state index contributed by atoms with van der Waals surface area (Å²) in [6, 6.07) is 5.03. The first-order valence-corrected chi connectivity index (χ1v) is 8.92. The fourth-order valence-corrected chi connectivity index (χ4v) is 4.41. The van der Waals surface area contributed by atoms with Crippen LogP contribution in [0.1, 0.15) is 23.1 Å². The van der Waals surface area contributed by atoms with Gasteiger partial charge in [-0.3, -0.25) is 0 Å². The second-order valence-electron chi connectivity index (χ2n) is 4.84. The molecular weight excluding hydrogens is 306 g/mol. The van der Waals surface area contributed by atoms with Crippen LogP contribution in [0.25, 0.3) is 0 Å². The zero-order valence-corrected chi connectivity index (χ0v) is 14.0. The molecule has 0 atom stereocenters. The number of aromatic nitrogens is 1. The number of thiazole rings is 1. The van der Waals surface area contributed by atoms with Crippen molar-refractivity contribution in [3.8, 4) is 0 Å². The zero-order valence-electron chi connectivity index (χ0n) is 12.3. The summed E-state index contributed by atoms with van der Waals surface area (Å²) in [5.74, 6) is 0. The lowest BCUT2D eigenvalue weighted by atomic mass is 10.1.